The minimum absolute atomic E-state index is 0.00742. The number of H-pyrrole nitrogens is 1. The smallest absolute Gasteiger partial charge is 0.280 e. The SMILES string of the molecule is COc1cccc(-c2cc(C(=O)Nc3c(C(N)=O)sc4nc(C(F)F)cc(-c5ccccc5)c34)[nH]n2)c1. The number of primary amides is 1. The van der Waals surface area contributed by atoms with E-state index in [4.69, 9.17) is 10.5 Å². The zero-order valence-corrected chi connectivity index (χ0v) is 20.1. The summed E-state index contributed by atoms with van der Waals surface area (Å²) < 4.78 is 32.5. The summed E-state index contributed by atoms with van der Waals surface area (Å²) in [7, 11) is 1.55. The Balaban J connectivity index is 1.60. The van der Waals surface area contributed by atoms with Crippen molar-refractivity contribution in [1.29, 1.82) is 0 Å². The van der Waals surface area contributed by atoms with Crippen molar-refractivity contribution < 1.29 is 23.1 Å². The molecule has 2 aromatic carbocycles. The summed E-state index contributed by atoms with van der Waals surface area (Å²) in [5.41, 5.74) is 7.60. The van der Waals surface area contributed by atoms with Gasteiger partial charge in [-0.2, -0.15) is 5.10 Å². The maximum atomic E-state index is 13.6. The van der Waals surface area contributed by atoms with Gasteiger partial charge in [0.2, 0.25) is 0 Å². The van der Waals surface area contributed by atoms with E-state index >= 15 is 0 Å². The lowest BCUT2D eigenvalue weighted by molar-refractivity contribution is 0.100. The third-order valence-corrected chi connectivity index (χ3v) is 6.74. The lowest BCUT2D eigenvalue weighted by Crippen LogP contribution is -2.17. The number of alkyl halides is 2. The van der Waals surface area contributed by atoms with Gasteiger partial charge in [-0.1, -0.05) is 42.5 Å². The summed E-state index contributed by atoms with van der Waals surface area (Å²) in [6, 6.07) is 18.8. The number of fused-ring (bicyclic) bond motifs is 1. The molecule has 37 heavy (non-hydrogen) atoms. The number of hydrogen-bond acceptors (Lipinski definition) is 6. The van der Waals surface area contributed by atoms with E-state index in [1.807, 2.05) is 6.07 Å². The van der Waals surface area contributed by atoms with Gasteiger partial charge in [-0.15, -0.1) is 11.3 Å². The maximum Gasteiger partial charge on any atom is 0.280 e. The largest absolute Gasteiger partial charge is 0.497 e. The van der Waals surface area contributed by atoms with Crippen molar-refractivity contribution in [3.05, 3.63) is 83.0 Å². The number of methoxy groups -OCH3 is 1. The first-order valence-corrected chi connectivity index (χ1v) is 11.8. The zero-order chi connectivity index (χ0) is 26.1. The quantitative estimate of drug-likeness (QED) is 0.256. The molecule has 2 amide bonds. The van der Waals surface area contributed by atoms with E-state index in [1.54, 1.807) is 61.7 Å². The Kier molecular flexibility index (Phi) is 6.36. The molecule has 4 N–H and O–H groups in total. The summed E-state index contributed by atoms with van der Waals surface area (Å²) in [5.74, 6) is -0.787. The maximum absolute atomic E-state index is 13.6. The molecule has 0 unspecified atom stereocenters. The average Bonchev–Trinajstić information content (AvgIpc) is 3.54. The number of amides is 2. The highest BCUT2D eigenvalue weighted by Crippen LogP contribution is 2.42. The molecular weight excluding hydrogens is 500 g/mol. The molecule has 0 spiro atoms. The first-order chi connectivity index (χ1) is 17.9. The summed E-state index contributed by atoms with van der Waals surface area (Å²) in [5, 5.41) is 9.96. The third kappa shape index (κ3) is 4.64. The number of anilines is 1. The molecule has 0 saturated carbocycles. The van der Waals surface area contributed by atoms with E-state index in [9.17, 15) is 18.4 Å². The van der Waals surface area contributed by atoms with Gasteiger partial charge in [-0.3, -0.25) is 14.7 Å². The van der Waals surface area contributed by atoms with Crippen molar-refractivity contribution in [2.24, 2.45) is 5.73 Å². The van der Waals surface area contributed by atoms with Crippen LogP contribution in [0.1, 0.15) is 32.3 Å². The lowest BCUT2D eigenvalue weighted by Gasteiger charge is -2.10. The minimum Gasteiger partial charge on any atom is -0.497 e. The Labute approximate surface area is 213 Å². The second-order valence-corrected chi connectivity index (χ2v) is 8.96. The minimum atomic E-state index is -2.83. The van der Waals surface area contributed by atoms with Crippen LogP contribution in [0.15, 0.2) is 66.7 Å². The van der Waals surface area contributed by atoms with Gasteiger partial charge in [0.25, 0.3) is 18.2 Å². The average molecular weight is 520 g/mol. The van der Waals surface area contributed by atoms with Crippen LogP contribution in [0.25, 0.3) is 32.6 Å². The van der Waals surface area contributed by atoms with E-state index in [1.165, 1.54) is 6.07 Å². The number of rotatable bonds is 7. The number of ether oxygens (including phenoxy) is 1. The van der Waals surface area contributed by atoms with Crippen molar-refractivity contribution in [2.45, 2.75) is 6.43 Å². The van der Waals surface area contributed by atoms with Crippen molar-refractivity contribution >= 4 is 39.1 Å². The molecule has 0 aliphatic heterocycles. The standard InChI is InChI=1S/C26H19F2N5O3S/c1-36-15-9-5-8-14(10-15)17-12-19(33-32-17)25(35)31-21-20-16(13-6-3-2-4-7-13)11-18(23(27)28)30-26(20)37-22(21)24(29)34/h2-12,23H,1H3,(H2,29,34)(H,31,35)(H,32,33). The Hall–Kier alpha value is -4.64. The van der Waals surface area contributed by atoms with Crippen LogP contribution >= 0.6 is 11.3 Å². The number of nitrogens with two attached hydrogens (primary N) is 1. The lowest BCUT2D eigenvalue weighted by atomic mass is 10.0. The number of nitrogens with zero attached hydrogens (tertiary/aromatic N) is 2. The highest BCUT2D eigenvalue weighted by atomic mass is 32.1. The van der Waals surface area contributed by atoms with Crippen LogP contribution in [0.4, 0.5) is 14.5 Å². The predicted molar refractivity (Wildman–Crippen MR) is 137 cm³/mol. The van der Waals surface area contributed by atoms with Crippen molar-refractivity contribution in [3.63, 3.8) is 0 Å². The van der Waals surface area contributed by atoms with Gasteiger partial charge in [0, 0.05) is 10.9 Å². The van der Waals surface area contributed by atoms with E-state index in [2.05, 4.69) is 20.5 Å². The summed E-state index contributed by atoms with van der Waals surface area (Å²) in [6.45, 7) is 0. The molecule has 0 fully saturated rings. The number of carbonyl (C=O) groups excluding carboxylic acids is 2. The highest BCUT2D eigenvalue weighted by molar-refractivity contribution is 7.21. The molecule has 186 valence electrons. The van der Waals surface area contributed by atoms with Crippen molar-refractivity contribution in [2.75, 3.05) is 12.4 Å². The zero-order valence-electron chi connectivity index (χ0n) is 19.3. The molecule has 0 aliphatic rings. The second-order valence-electron chi connectivity index (χ2n) is 7.96. The van der Waals surface area contributed by atoms with Crippen LogP contribution in [0.5, 0.6) is 5.75 Å². The molecule has 8 nitrogen and oxygen atoms in total. The third-order valence-electron chi connectivity index (χ3n) is 5.64. The fourth-order valence-electron chi connectivity index (χ4n) is 3.92. The molecule has 0 saturated heterocycles. The Morgan fingerprint density at radius 3 is 2.51 bits per heavy atom. The van der Waals surface area contributed by atoms with Crippen LogP contribution in [0, 0.1) is 0 Å². The number of pyridine rings is 1. The van der Waals surface area contributed by atoms with Crippen molar-refractivity contribution in [1.82, 2.24) is 15.2 Å². The number of hydrogen-bond donors (Lipinski definition) is 3. The van der Waals surface area contributed by atoms with E-state index in [0.29, 0.717) is 28.0 Å². The van der Waals surface area contributed by atoms with Crippen LogP contribution < -0.4 is 15.8 Å². The Bertz CT molecular complexity index is 1630. The van der Waals surface area contributed by atoms with Gasteiger partial charge in [-0.05, 0) is 35.4 Å². The van der Waals surface area contributed by atoms with Crippen molar-refractivity contribution in [3.8, 4) is 28.1 Å². The number of aromatic amines is 1. The first-order valence-electron chi connectivity index (χ1n) is 11.0. The molecule has 3 aromatic heterocycles. The molecule has 0 radical (unpaired) electrons. The summed E-state index contributed by atoms with van der Waals surface area (Å²) in [4.78, 5) is 29.7. The normalized spacial score (nSPS) is 11.1. The van der Waals surface area contributed by atoms with Crippen LogP contribution in [0.2, 0.25) is 0 Å². The predicted octanol–water partition coefficient (Wildman–Crippen LogP) is 5.65. The van der Waals surface area contributed by atoms with Gasteiger partial charge >= 0.3 is 0 Å². The monoisotopic (exact) mass is 519 g/mol. The number of nitrogens with one attached hydrogen (secondary N) is 2. The topological polar surface area (TPSA) is 123 Å². The molecule has 5 rings (SSSR count). The van der Waals surface area contributed by atoms with Crippen LogP contribution in [-0.2, 0) is 0 Å². The summed E-state index contributed by atoms with van der Waals surface area (Å²) >= 11 is 0.842. The van der Waals surface area contributed by atoms with Crippen LogP contribution in [0.3, 0.4) is 0 Å². The molecule has 0 aliphatic carbocycles. The fraction of sp³-hybridized carbons (Fsp3) is 0.0769. The van der Waals surface area contributed by atoms with Gasteiger partial charge < -0.3 is 15.8 Å². The van der Waals surface area contributed by atoms with E-state index < -0.39 is 23.9 Å². The van der Waals surface area contributed by atoms with Gasteiger partial charge in [0.15, 0.2) is 0 Å². The molecule has 5 aromatic rings. The number of aromatic nitrogens is 3. The molecule has 0 bridgehead atoms. The summed E-state index contributed by atoms with van der Waals surface area (Å²) in [6.07, 6.45) is -2.83. The van der Waals surface area contributed by atoms with Crippen LogP contribution in [-0.4, -0.2) is 34.1 Å². The Morgan fingerprint density at radius 1 is 1.05 bits per heavy atom. The van der Waals surface area contributed by atoms with Gasteiger partial charge in [-0.25, -0.2) is 13.8 Å². The number of carbonyl (C=O) groups is 2. The van der Waals surface area contributed by atoms with Gasteiger partial charge in [0.05, 0.1) is 18.5 Å². The van der Waals surface area contributed by atoms with E-state index in [0.717, 1.165) is 16.9 Å². The number of halogens is 2. The molecule has 11 heteroatoms. The van der Waals surface area contributed by atoms with Gasteiger partial charge in [0.1, 0.15) is 26.8 Å². The number of thiophene rings is 1. The highest BCUT2D eigenvalue weighted by Gasteiger charge is 2.25. The van der Waals surface area contributed by atoms with E-state index in [-0.39, 0.29) is 21.1 Å². The molecular formula is C26H19F2N5O3S. The fourth-order valence-corrected chi connectivity index (χ4v) is 4.93. The second kappa shape index (κ2) is 9.78. The molecule has 3 heterocycles. The number of benzene rings is 2. The Morgan fingerprint density at radius 2 is 1.81 bits per heavy atom. The first kappa shape index (κ1) is 24.1. The molecule has 0 atom stereocenters.